The smallest absolute Gasteiger partial charge is 0.223 e. The molecule has 0 bridgehead atoms. The lowest BCUT2D eigenvalue weighted by Crippen LogP contribution is -2.36. The predicted octanol–water partition coefficient (Wildman–Crippen LogP) is 4.00. The van der Waals surface area contributed by atoms with Gasteiger partial charge in [-0.1, -0.05) is 28.1 Å². The van der Waals surface area contributed by atoms with Crippen molar-refractivity contribution in [2.75, 3.05) is 13.1 Å². The maximum absolute atomic E-state index is 12.5. The van der Waals surface area contributed by atoms with E-state index in [2.05, 4.69) is 47.2 Å². The molecule has 0 aliphatic carbocycles. The van der Waals surface area contributed by atoms with Crippen LogP contribution in [0.5, 0.6) is 0 Å². The Morgan fingerprint density at radius 3 is 2.82 bits per heavy atom. The van der Waals surface area contributed by atoms with E-state index in [0.717, 1.165) is 24.0 Å². The van der Waals surface area contributed by atoms with Gasteiger partial charge in [-0.05, 0) is 63.4 Å². The summed E-state index contributed by atoms with van der Waals surface area (Å²) in [5, 5.41) is 3.36. The molecule has 1 heterocycles. The lowest BCUT2D eigenvalue weighted by atomic mass is 10.0. The van der Waals surface area contributed by atoms with E-state index in [-0.39, 0.29) is 24.4 Å². The van der Waals surface area contributed by atoms with Crippen LogP contribution in [0.2, 0.25) is 0 Å². The molecule has 0 aromatic heterocycles. The second kappa shape index (κ2) is 9.53. The van der Waals surface area contributed by atoms with Crippen molar-refractivity contribution >= 4 is 34.2 Å². The fourth-order valence-corrected chi connectivity index (χ4v) is 3.27. The van der Waals surface area contributed by atoms with Gasteiger partial charge in [-0.15, -0.1) is 12.4 Å². The third-order valence-corrected chi connectivity index (χ3v) is 4.61. The molecule has 22 heavy (non-hydrogen) atoms. The number of halogens is 2. The van der Waals surface area contributed by atoms with E-state index in [1.54, 1.807) is 0 Å². The Labute approximate surface area is 148 Å². The van der Waals surface area contributed by atoms with Gasteiger partial charge in [0, 0.05) is 23.5 Å². The Kier molecular flexibility index (Phi) is 8.44. The van der Waals surface area contributed by atoms with Crippen LogP contribution < -0.4 is 5.32 Å². The second-order valence-electron chi connectivity index (χ2n) is 6.14. The number of nitrogens with zero attached hydrogens (tertiary/aromatic N) is 1. The van der Waals surface area contributed by atoms with E-state index >= 15 is 0 Å². The zero-order valence-corrected chi connectivity index (χ0v) is 15.8. The van der Waals surface area contributed by atoms with Gasteiger partial charge in [0.2, 0.25) is 5.91 Å². The SMILES string of the molecule is CC(C)N(Cc1cccc(Br)c1)C(=O)CCC1CCNC1.Cl. The van der Waals surface area contributed by atoms with Crippen LogP contribution in [-0.4, -0.2) is 29.9 Å². The minimum Gasteiger partial charge on any atom is -0.336 e. The number of rotatable bonds is 6. The Morgan fingerprint density at radius 1 is 1.45 bits per heavy atom. The summed E-state index contributed by atoms with van der Waals surface area (Å²) >= 11 is 3.49. The fraction of sp³-hybridized carbons (Fsp3) is 0.588. The van der Waals surface area contributed by atoms with Crippen LogP contribution in [0.4, 0.5) is 0 Å². The highest BCUT2D eigenvalue weighted by molar-refractivity contribution is 9.10. The quantitative estimate of drug-likeness (QED) is 0.797. The third-order valence-electron chi connectivity index (χ3n) is 4.11. The monoisotopic (exact) mass is 388 g/mol. The zero-order chi connectivity index (χ0) is 15.2. The normalized spacial score (nSPS) is 17.4. The molecular formula is C17H26BrClN2O. The molecule has 1 N–H and O–H groups in total. The minimum atomic E-state index is 0. The molecule has 1 aliphatic rings. The van der Waals surface area contributed by atoms with E-state index in [1.807, 2.05) is 17.0 Å². The molecule has 0 radical (unpaired) electrons. The van der Waals surface area contributed by atoms with Crippen LogP contribution in [0.1, 0.15) is 38.7 Å². The third kappa shape index (κ3) is 5.90. The number of amides is 1. The van der Waals surface area contributed by atoms with Crippen LogP contribution in [0.25, 0.3) is 0 Å². The van der Waals surface area contributed by atoms with Crippen molar-refractivity contribution < 1.29 is 4.79 Å². The van der Waals surface area contributed by atoms with Gasteiger partial charge in [0.15, 0.2) is 0 Å². The van der Waals surface area contributed by atoms with Crippen molar-refractivity contribution in [3.8, 4) is 0 Å². The Hall–Kier alpha value is -0.580. The predicted molar refractivity (Wildman–Crippen MR) is 97.3 cm³/mol. The highest BCUT2D eigenvalue weighted by Gasteiger charge is 2.20. The van der Waals surface area contributed by atoms with E-state index in [4.69, 9.17) is 0 Å². The zero-order valence-electron chi connectivity index (χ0n) is 13.3. The van der Waals surface area contributed by atoms with Crippen molar-refractivity contribution in [1.82, 2.24) is 10.2 Å². The summed E-state index contributed by atoms with van der Waals surface area (Å²) in [5.41, 5.74) is 1.17. The maximum atomic E-state index is 12.5. The van der Waals surface area contributed by atoms with Crippen LogP contribution >= 0.6 is 28.3 Å². The van der Waals surface area contributed by atoms with Crippen molar-refractivity contribution in [2.24, 2.45) is 5.92 Å². The summed E-state index contributed by atoms with van der Waals surface area (Å²) in [7, 11) is 0. The maximum Gasteiger partial charge on any atom is 0.223 e. The molecular weight excluding hydrogens is 364 g/mol. The van der Waals surface area contributed by atoms with Crippen molar-refractivity contribution in [3.63, 3.8) is 0 Å². The summed E-state index contributed by atoms with van der Waals surface area (Å²) in [6, 6.07) is 8.43. The molecule has 0 saturated carbocycles. The largest absolute Gasteiger partial charge is 0.336 e. The fourth-order valence-electron chi connectivity index (χ4n) is 2.82. The number of benzene rings is 1. The summed E-state index contributed by atoms with van der Waals surface area (Å²) in [6.07, 6.45) is 2.88. The molecule has 1 fully saturated rings. The van der Waals surface area contributed by atoms with Crippen molar-refractivity contribution in [2.45, 2.75) is 45.7 Å². The van der Waals surface area contributed by atoms with Crippen molar-refractivity contribution in [1.29, 1.82) is 0 Å². The van der Waals surface area contributed by atoms with E-state index in [1.165, 1.54) is 12.0 Å². The highest BCUT2D eigenvalue weighted by atomic mass is 79.9. The number of carbonyl (C=O) groups excluding carboxylic acids is 1. The molecule has 124 valence electrons. The molecule has 1 saturated heterocycles. The van der Waals surface area contributed by atoms with Crippen LogP contribution in [0.3, 0.4) is 0 Å². The van der Waals surface area contributed by atoms with Crippen LogP contribution in [-0.2, 0) is 11.3 Å². The minimum absolute atomic E-state index is 0. The number of hydrogen-bond donors (Lipinski definition) is 1. The first-order valence-corrected chi connectivity index (χ1v) is 8.60. The first-order valence-electron chi connectivity index (χ1n) is 7.81. The van der Waals surface area contributed by atoms with Gasteiger partial charge >= 0.3 is 0 Å². The number of carbonyl (C=O) groups is 1. The lowest BCUT2D eigenvalue weighted by molar-refractivity contribution is -0.133. The van der Waals surface area contributed by atoms with Gasteiger partial charge in [-0.25, -0.2) is 0 Å². The Balaban J connectivity index is 0.00000242. The van der Waals surface area contributed by atoms with Gasteiger partial charge in [0.25, 0.3) is 0 Å². The molecule has 1 aromatic carbocycles. The average Bonchev–Trinajstić information content (AvgIpc) is 2.95. The Morgan fingerprint density at radius 2 is 2.23 bits per heavy atom. The standard InChI is InChI=1S/C17H25BrN2O.ClH/c1-13(2)20(12-15-4-3-5-16(18)10-15)17(21)7-6-14-8-9-19-11-14;/h3-5,10,13-14,19H,6-9,11-12H2,1-2H3;1H. The number of nitrogens with one attached hydrogen (secondary N) is 1. The lowest BCUT2D eigenvalue weighted by Gasteiger charge is -2.27. The number of hydrogen-bond acceptors (Lipinski definition) is 2. The second-order valence-corrected chi connectivity index (χ2v) is 7.06. The summed E-state index contributed by atoms with van der Waals surface area (Å²) in [6.45, 7) is 7.05. The molecule has 3 nitrogen and oxygen atoms in total. The first kappa shape index (κ1) is 19.5. The van der Waals surface area contributed by atoms with E-state index in [0.29, 0.717) is 18.9 Å². The van der Waals surface area contributed by atoms with Gasteiger partial charge < -0.3 is 10.2 Å². The van der Waals surface area contributed by atoms with Gasteiger partial charge in [0.05, 0.1) is 0 Å². The van der Waals surface area contributed by atoms with Crippen LogP contribution in [0.15, 0.2) is 28.7 Å². The highest BCUT2D eigenvalue weighted by Crippen LogP contribution is 2.18. The Bertz CT molecular complexity index is 475. The van der Waals surface area contributed by atoms with Gasteiger partial charge in [-0.3, -0.25) is 4.79 Å². The first-order chi connectivity index (χ1) is 10.1. The van der Waals surface area contributed by atoms with Crippen molar-refractivity contribution in [3.05, 3.63) is 34.3 Å². The molecule has 1 unspecified atom stereocenters. The van der Waals surface area contributed by atoms with Gasteiger partial charge in [-0.2, -0.15) is 0 Å². The topological polar surface area (TPSA) is 32.3 Å². The molecule has 1 amide bonds. The molecule has 1 aliphatic heterocycles. The van der Waals surface area contributed by atoms with Crippen LogP contribution in [0, 0.1) is 5.92 Å². The summed E-state index contributed by atoms with van der Waals surface area (Å²) < 4.78 is 1.06. The summed E-state index contributed by atoms with van der Waals surface area (Å²) in [5.74, 6) is 0.950. The molecule has 2 rings (SSSR count). The van der Waals surface area contributed by atoms with Gasteiger partial charge in [0.1, 0.15) is 0 Å². The summed E-state index contributed by atoms with van der Waals surface area (Å²) in [4.78, 5) is 14.5. The molecule has 5 heteroatoms. The average molecular weight is 390 g/mol. The molecule has 0 spiro atoms. The molecule has 1 atom stereocenters. The van der Waals surface area contributed by atoms with E-state index < -0.39 is 0 Å². The molecule has 1 aromatic rings. The van der Waals surface area contributed by atoms with E-state index in [9.17, 15) is 4.79 Å².